The van der Waals surface area contributed by atoms with Gasteiger partial charge in [-0.3, -0.25) is 13.9 Å². The van der Waals surface area contributed by atoms with Crippen molar-refractivity contribution in [2.75, 3.05) is 17.4 Å². The van der Waals surface area contributed by atoms with Crippen molar-refractivity contribution in [2.45, 2.75) is 58.5 Å². The molecule has 3 rings (SSSR count). The normalized spacial score (nSPS) is 12.2. The van der Waals surface area contributed by atoms with Crippen molar-refractivity contribution >= 4 is 39.1 Å². The number of hydrogen-bond acceptors (Lipinski definition) is 4. The zero-order valence-corrected chi connectivity index (χ0v) is 25.3. The second-order valence-electron chi connectivity index (χ2n) is 10.3. The van der Waals surface area contributed by atoms with Gasteiger partial charge in [-0.25, -0.2) is 8.42 Å². The minimum atomic E-state index is -4.16. The highest BCUT2D eigenvalue weighted by atomic mass is 35.5. The molecule has 0 bridgehead atoms. The van der Waals surface area contributed by atoms with Crippen molar-refractivity contribution in [2.24, 2.45) is 5.92 Å². The maximum absolute atomic E-state index is 14.1. The molecular formula is C31H38ClN3O4S. The fourth-order valence-electron chi connectivity index (χ4n) is 4.34. The third kappa shape index (κ3) is 7.64. The Kier molecular flexibility index (Phi) is 10.8. The van der Waals surface area contributed by atoms with E-state index < -0.39 is 28.5 Å². The Morgan fingerprint density at radius 1 is 0.925 bits per heavy atom. The third-order valence-electron chi connectivity index (χ3n) is 6.66. The van der Waals surface area contributed by atoms with Crippen molar-refractivity contribution in [1.29, 1.82) is 0 Å². The van der Waals surface area contributed by atoms with Gasteiger partial charge in [0.15, 0.2) is 0 Å². The van der Waals surface area contributed by atoms with Gasteiger partial charge in [0.1, 0.15) is 12.6 Å². The fourth-order valence-corrected chi connectivity index (χ4v) is 5.98. The predicted molar refractivity (Wildman–Crippen MR) is 161 cm³/mol. The summed E-state index contributed by atoms with van der Waals surface area (Å²) in [5.74, 6) is -0.529. The summed E-state index contributed by atoms with van der Waals surface area (Å²) in [5.41, 5.74) is 2.58. The number of amides is 2. The molecule has 1 N–H and O–H groups in total. The van der Waals surface area contributed by atoms with E-state index in [1.54, 1.807) is 37.3 Å². The highest BCUT2D eigenvalue weighted by Gasteiger charge is 2.34. The van der Waals surface area contributed by atoms with Crippen LogP contribution in [0.4, 0.5) is 5.69 Å². The van der Waals surface area contributed by atoms with Gasteiger partial charge in [-0.15, -0.1) is 0 Å². The second kappa shape index (κ2) is 13.8. The van der Waals surface area contributed by atoms with Gasteiger partial charge in [-0.05, 0) is 61.6 Å². The standard InChI is InChI=1S/C31H38ClN3O4S/c1-6-28(31(37)33-19-22(2)3)34(20-25-11-8-7-9-12-25)30(36)21-35(29-14-10-13-27(32)24(29)5)40(38,39)26-17-15-23(4)16-18-26/h7-18,22,28H,6,19-21H2,1-5H3,(H,33,37)/t28-/m0/s1. The van der Waals surface area contributed by atoms with E-state index in [0.29, 0.717) is 29.2 Å². The fraction of sp³-hybridized carbons (Fsp3) is 0.355. The molecule has 0 saturated carbocycles. The number of nitrogens with one attached hydrogen (secondary N) is 1. The first kappa shape index (κ1) is 31.2. The number of anilines is 1. The number of carbonyl (C=O) groups is 2. The summed E-state index contributed by atoms with van der Waals surface area (Å²) in [5, 5.41) is 3.32. The van der Waals surface area contributed by atoms with Gasteiger partial charge in [-0.1, -0.05) is 86.5 Å². The Bertz CT molecular complexity index is 1410. The minimum Gasteiger partial charge on any atom is -0.354 e. The van der Waals surface area contributed by atoms with Crippen LogP contribution >= 0.6 is 11.6 Å². The van der Waals surface area contributed by atoms with Crippen LogP contribution in [0.1, 0.15) is 43.9 Å². The first-order chi connectivity index (χ1) is 18.9. The molecule has 214 valence electrons. The lowest BCUT2D eigenvalue weighted by atomic mass is 10.1. The highest BCUT2D eigenvalue weighted by molar-refractivity contribution is 7.92. The van der Waals surface area contributed by atoms with E-state index in [1.165, 1.54) is 17.0 Å². The lowest BCUT2D eigenvalue weighted by Gasteiger charge is -2.33. The van der Waals surface area contributed by atoms with E-state index in [-0.39, 0.29) is 23.3 Å². The number of sulfonamides is 1. The predicted octanol–water partition coefficient (Wildman–Crippen LogP) is 5.73. The first-order valence-electron chi connectivity index (χ1n) is 13.4. The number of rotatable bonds is 12. The Morgan fingerprint density at radius 2 is 1.57 bits per heavy atom. The lowest BCUT2D eigenvalue weighted by molar-refractivity contribution is -0.140. The quantitative estimate of drug-likeness (QED) is 0.295. The zero-order chi connectivity index (χ0) is 29.4. The molecule has 0 aliphatic carbocycles. The van der Waals surface area contributed by atoms with Crippen molar-refractivity contribution in [3.05, 3.63) is 94.5 Å². The van der Waals surface area contributed by atoms with Crippen LogP contribution in [0.2, 0.25) is 5.02 Å². The van der Waals surface area contributed by atoms with Crippen LogP contribution in [0.25, 0.3) is 0 Å². The second-order valence-corrected chi connectivity index (χ2v) is 12.5. The summed E-state index contributed by atoms with van der Waals surface area (Å²) in [6.07, 6.45) is 0.364. The van der Waals surface area contributed by atoms with Gasteiger partial charge in [0, 0.05) is 18.1 Å². The van der Waals surface area contributed by atoms with Crippen LogP contribution < -0.4 is 9.62 Å². The van der Waals surface area contributed by atoms with E-state index in [4.69, 9.17) is 11.6 Å². The number of aryl methyl sites for hydroxylation is 1. The summed E-state index contributed by atoms with van der Waals surface area (Å²) >= 11 is 6.39. The molecule has 0 heterocycles. The molecule has 9 heteroatoms. The largest absolute Gasteiger partial charge is 0.354 e. The van der Waals surface area contributed by atoms with Gasteiger partial charge >= 0.3 is 0 Å². The Hall–Kier alpha value is -3.36. The molecular weight excluding hydrogens is 546 g/mol. The molecule has 0 aliphatic rings. The average molecular weight is 584 g/mol. The number of benzene rings is 3. The number of carbonyl (C=O) groups excluding carboxylic acids is 2. The Labute approximate surface area is 243 Å². The highest BCUT2D eigenvalue weighted by Crippen LogP contribution is 2.31. The molecule has 7 nitrogen and oxygen atoms in total. The zero-order valence-electron chi connectivity index (χ0n) is 23.7. The van der Waals surface area contributed by atoms with Gasteiger partial charge in [-0.2, -0.15) is 0 Å². The van der Waals surface area contributed by atoms with Crippen LogP contribution in [0.3, 0.4) is 0 Å². The van der Waals surface area contributed by atoms with Crippen molar-refractivity contribution in [1.82, 2.24) is 10.2 Å². The molecule has 0 aromatic heterocycles. The van der Waals surface area contributed by atoms with E-state index in [9.17, 15) is 18.0 Å². The molecule has 0 radical (unpaired) electrons. The molecule has 0 spiro atoms. The van der Waals surface area contributed by atoms with Gasteiger partial charge in [0.05, 0.1) is 10.6 Å². The molecule has 1 atom stereocenters. The van der Waals surface area contributed by atoms with E-state index >= 15 is 0 Å². The summed E-state index contributed by atoms with van der Waals surface area (Å²) in [7, 11) is -4.16. The van der Waals surface area contributed by atoms with Crippen molar-refractivity contribution in [3.8, 4) is 0 Å². The number of halogens is 1. The summed E-state index contributed by atoms with van der Waals surface area (Å²) in [6, 6.07) is 20.0. The molecule has 0 saturated heterocycles. The van der Waals surface area contributed by atoms with Crippen molar-refractivity contribution in [3.63, 3.8) is 0 Å². The molecule has 0 aliphatic heterocycles. The molecule has 0 unspecified atom stereocenters. The topological polar surface area (TPSA) is 86.8 Å². The lowest BCUT2D eigenvalue weighted by Crippen LogP contribution is -2.52. The van der Waals surface area contributed by atoms with E-state index in [1.807, 2.05) is 58.0 Å². The summed E-state index contributed by atoms with van der Waals surface area (Å²) < 4.78 is 29.1. The molecule has 0 fully saturated rings. The van der Waals surface area contributed by atoms with Crippen LogP contribution in [0.15, 0.2) is 77.7 Å². The van der Waals surface area contributed by atoms with Gasteiger partial charge in [0.2, 0.25) is 11.8 Å². The Morgan fingerprint density at radius 3 is 2.17 bits per heavy atom. The van der Waals surface area contributed by atoms with Crippen LogP contribution in [-0.4, -0.2) is 44.3 Å². The van der Waals surface area contributed by atoms with Gasteiger partial charge < -0.3 is 10.2 Å². The summed E-state index contributed by atoms with van der Waals surface area (Å²) in [6.45, 7) is 9.54. The SMILES string of the molecule is CC[C@@H](C(=O)NCC(C)C)N(Cc1ccccc1)C(=O)CN(c1cccc(Cl)c1C)S(=O)(=O)c1ccc(C)cc1. The Balaban J connectivity index is 2.07. The summed E-state index contributed by atoms with van der Waals surface area (Å²) in [4.78, 5) is 28.9. The smallest absolute Gasteiger partial charge is 0.264 e. The van der Waals surface area contributed by atoms with Crippen LogP contribution in [-0.2, 0) is 26.2 Å². The number of nitrogens with zero attached hydrogens (tertiary/aromatic N) is 2. The molecule has 2 amide bonds. The maximum atomic E-state index is 14.1. The van der Waals surface area contributed by atoms with E-state index in [0.717, 1.165) is 15.4 Å². The van der Waals surface area contributed by atoms with Crippen LogP contribution in [0.5, 0.6) is 0 Å². The average Bonchev–Trinajstić information content (AvgIpc) is 2.92. The van der Waals surface area contributed by atoms with Gasteiger partial charge in [0.25, 0.3) is 10.0 Å². The minimum absolute atomic E-state index is 0.0570. The third-order valence-corrected chi connectivity index (χ3v) is 8.85. The van der Waals surface area contributed by atoms with Crippen LogP contribution in [0, 0.1) is 19.8 Å². The van der Waals surface area contributed by atoms with E-state index in [2.05, 4.69) is 5.32 Å². The van der Waals surface area contributed by atoms with Crippen molar-refractivity contribution < 1.29 is 18.0 Å². The first-order valence-corrected chi connectivity index (χ1v) is 15.2. The number of hydrogen-bond donors (Lipinski definition) is 1. The molecule has 3 aromatic carbocycles. The molecule has 40 heavy (non-hydrogen) atoms. The monoisotopic (exact) mass is 583 g/mol. The molecule has 3 aromatic rings. The maximum Gasteiger partial charge on any atom is 0.264 e.